The fourth-order valence-electron chi connectivity index (χ4n) is 1.30. The van der Waals surface area contributed by atoms with Crippen LogP contribution in [0.5, 0.6) is 0 Å². The lowest BCUT2D eigenvalue weighted by Gasteiger charge is -2.12. The quantitative estimate of drug-likeness (QED) is 0.787. The van der Waals surface area contributed by atoms with Crippen molar-refractivity contribution in [1.82, 2.24) is 10.3 Å². The first-order valence-electron chi connectivity index (χ1n) is 5.79. The second-order valence-electron chi connectivity index (χ2n) is 3.87. The molecule has 0 radical (unpaired) electrons. The smallest absolute Gasteiger partial charge is 0.126 e. The molecule has 0 saturated heterocycles. The standard InChI is InChI=1S/C12H20ClN3O/c1-4-14-7-10-5-12(16-8-11(10)13)15-6-9(2)17-3/h5,8-9,14H,4,6-7H2,1-3H3,(H,15,16). The SMILES string of the molecule is CCNCc1cc(NCC(C)OC)ncc1Cl. The zero-order valence-electron chi connectivity index (χ0n) is 10.6. The fourth-order valence-corrected chi connectivity index (χ4v) is 1.47. The summed E-state index contributed by atoms with van der Waals surface area (Å²) in [6, 6.07) is 1.97. The molecule has 1 rings (SSSR count). The van der Waals surface area contributed by atoms with E-state index in [2.05, 4.69) is 22.5 Å². The van der Waals surface area contributed by atoms with E-state index in [0.717, 1.165) is 31.0 Å². The molecule has 0 aliphatic heterocycles. The Hall–Kier alpha value is -0.840. The number of nitrogens with zero attached hydrogens (tertiary/aromatic N) is 1. The van der Waals surface area contributed by atoms with Gasteiger partial charge < -0.3 is 15.4 Å². The zero-order valence-corrected chi connectivity index (χ0v) is 11.3. The minimum Gasteiger partial charge on any atom is -0.380 e. The summed E-state index contributed by atoms with van der Waals surface area (Å²) < 4.78 is 5.16. The number of anilines is 1. The van der Waals surface area contributed by atoms with Crippen LogP contribution in [-0.2, 0) is 11.3 Å². The number of rotatable bonds is 7. The molecule has 0 fully saturated rings. The van der Waals surface area contributed by atoms with Gasteiger partial charge in [0.2, 0.25) is 0 Å². The second-order valence-corrected chi connectivity index (χ2v) is 4.28. The molecule has 0 aliphatic carbocycles. The summed E-state index contributed by atoms with van der Waals surface area (Å²) in [5, 5.41) is 7.15. The lowest BCUT2D eigenvalue weighted by Crippen LogP contribution is -2.19. The maximum atomic E-state index is 6.07. The number of hydrogen-bond donors (Lipinski definition) is 2. The van der Waals surface area contributed by atoms with Gasteiger partial charge >= 0.3 is 0 Å². The van der Waals surface area contributed by atoms with E-state index in [1.54, 1.807) is 13.3 Å². The van der Waals surface area contributed by atoms with Gasteiger partial charge in [-0.05, 0) is 25.1 Å². The highest BCUT2D eigenvalue weighted by atomic mass is 35.5. The summed E-state index contributed by atoms with van der Waals surface area (Å²) in [6.45, 7) is 6.47. The van der Waals surface area contributed by atoms with Crippen molar-refractivity contribution < 1.29 is 4.74 Å². The lowest BCUT2D eigenvalue weighted by molar-refractivity contribution is 0.128. The van der Waals surface area contributed by atoms with E-state index >= 15 is 0 Å². The highest BCUT2D eigenvalue weighted by Gasteiger charge is 2.04. The molecule has 4 nitrogen and oxygen atoms in total. The Labute approximate surface area is 108 Å². The van der Waals surface area contributed by atoms with E-state index in [0.29, 0.717) is 5.02 Å². The molecule has 5 heteroatoms. The van der Waals surface area contributed by atoms with Crippen LogP contribution in [0.15, 0.2) is 12.3 Å². The number of ether oxygens (including phenoxy) is 1. The summed E-state index contributed by atoms with van der Waals surface area (Å²) in [6.07, 6.45) is 1.83. The van der Waals surface area contributed by atoms with Crippen LogP contribution in [0.2, 0.25) is 5.02 Å². The molecule has 1 aromatic rings. The van der Waals surface area contributed by atoms with Crippen molar-refractivity contribution in [2.45, 2.75) is 26.5 Å². The average molecular weight is 258 g/mol. The Morgan fingerprint density at radius 3 is 2.94 bits per heavy atom. The van der Waals surface area contributed by atoms with Gasteiger partial charge in [0.05, 0.1) is 11.1 Å². The minimum atomic E-state index is 0.157. The first-order valence-corrected chi connectivity index (χ1v) is 6.17. The van der Waals surface area contributed by atoms with Crippen LogP contribution >= 0.6 is 11.6 Å². The molecule has 17 heavy (non-hydrogen) atoms. The van der Waals surface area contributed by atoms with Crippen LogP contribution in [0.3, 0.4) is 0 Å². The minimum absolute atomic E-state index is 0.157. The van der Waals surface area contributed by atoms with E-state index in [1.807, 2.05) is 13.0 Å². The topological polar surface area (TPSA) is 46.2 Å². The molecule has 0 amide bonds. The van der Waals surface area contributed by atoms with E-state index in [1.165, 1.54) is 0 Å². The number of methoxy groups -OCH3 is 1. The highest BCUT2D eigenvalue weighted by molar-refractivity contribution is 6.31. The van der Waals surface area contributed by atoms with E-state index in [4.69, 9.17) is 16.3 Å². The third-order valence-electron chi connectivity index (χ3n) is 2.47. The van der Waals surface area contributed by atoms with Gasteiger partial charge in [-0.3, -0.25) is 0 Å². The van der Waals surface area contributed by atoms with E-state index in [-0.39, 0.29) is 6.10 Å². The van der Waals surface area contributed by atoms with Crippen molar-refractivity contribution in [3.05, 3.63) is 22.8 Å². The normalized spacial score (nSPS) is 12.5. The van der Waals surface area contributed by atoms with Gasteiger partial charge in [0, 0.05) is 26.4 Å². The first-order chi connectivity index (χ1) is 8.17. The van der Waals surface area contributed by atoms with Crippen molar-refractivity contribution >= 4 is 17.4 Å². The second kappa shape index (κ2) is 7.48. The predicted molar refractivity (Wildman–Crippen MR) is 71.6 cm³/mol. The van der Waals surface area contributed by atoms with Gasteiger partial charge in [0.15, 0.2) is 0 Å². The third-order valence-corrected chi connectivity index (χ3v) is 2.81. The van der Waals surface area contributed by atoms with Crippen LogP contribution < -0.4 is 10.6 Å². The molecule has 1 aromatic heterocycles. The predicted octanol–water partition coefficient (Wildman–Crippen LogP) is 2.29. The number of hydrogen-bond acceptors (Lipinski definition) is 4. The zero-order chi connectivity index (χ0) is 12.7. The van der Waals surface area contributed by atoms with Gasteiger partial charge in [0.25, 0.3) is 0 Å². The molecule has 1 atom stereocenters. The molecule has 0 saturated carbocycles. The van der Waals surface area contributed by atoms with Crippen LogP contribution in [-0.4, -0.2) is 31.3 Å². The fraction of sp³-hybridized carbons (Fsp3) is 0.583. The largest absolute Gasteiger partial charge is 0.380 e. The van der Waals surface area contributed by atoms with Gasteiger partial charge in [-0.2, -0.15) is 0 Å². The molecule has 2 N–H and O–H groups in total. The van der Waals surface area contributed by atoms with Crippen molar-refractivity contribution in [3.8, 4) is 0 Å². The van der Waals surface area contributed by atoms with Gasteiger partial charge in [-0.1, -0.05) is 18.5 Å². The third kappa shape index (κ3) is 4.89. The number of pyridine rings is 1. The van der Waals surface area contributed by atoms with Crippen LogP contribution in [0.4, 0.5) is 5.82 Å². The van der Waals surface area contributed by atoms with Crippen molar-refractivity contribution in [3.63, 3.8) is 0 Å². The van der Waals surface area contributed by atoms with Crippen molar-refractivity contribution in [2.75, 3.05) is 25.5 Å². The summed E-state index contributed by atoms with van der Waals surface area (Å²) >= 11 is 6.07. The highest BCUT2D eigenvalue weighted by Crippen LogP contribution is 2.17. The molecule has 1 heterocycles. The molecule has 1 unspecified atom stereocenters. The molecular weight excluding hydrogens is 238 g/mol. The Kier molecular flexibility index (Phi) is 6.26. The molecule has 0 bridgehead atoms. The monoisotopic (exact) mass is 257 g/mol. The van der Waals surface area contributed by atoms with Gasteiger partial charge in [-0.25, -0.2) is 4.98 Å². The summed E-state index contributed by atoms with van der Waals surface area (Å²) in [7, 11) is 1.69. The Morgan fingerprint density at radius 1 is 1.53 bits per heavy atom. The van der Waals surface area contributed by atoms with E-state index in [9.17, 15) is 0 Å². The molecule has 0 spiro atoms. The summed E-state index contributed by atoms with van der Waals surface area (Å²) in [4.78, 5) is 4.23. The van der Waals surface area contributed by atoms with E-state index < -0.39 is 0 Å². The average Bonchev–Trinajstić information content (AvgIpc) is 2.35. The van der Waals surface area contributed by atoms with Crippen LogP contribution in [0, 0.1) is 0 Å². The Morgan fingerprint density at radius 2 is 2.29 bits per heavy atom. The molecular formula is C12H20ClN3O. The summed E-state index contributed by atoms with van der Waals surface area (Å²) in [5.74, 6) is 0.825. The van der Waals surface area contributed by atoms with Crippen LogP contribution in [0.1, 0.15) is 19.4 Å². The number of halogens is 1. The molecule has 0 aliphatic rings. The van der Waals surface area contributed by atoms with Gasteiger partial charge in [0.1, 0.15) is 5.82 Å². The summed E-state index contributed by atoms with van der Waals surface area (Å²) in [5.41, 5.74) is 1.05. The Bertz CT molecular complexity index is 347. The van der Waals surface area contributed by atoms with Crippen molar-refractivity contribution in [2.24, 2.45) is 0 Å². The number of aromatic nitrogens is 1. The maximum Gasteiger partial charge on any atom is 0.126 e. The first kappa shape index (κ1) is 14.2. The number of nitrogens with one attached hydrogen (secondary N) is 2. The van der Waals surface area contributed by atoms with Crippen molar-refractivity contribution in [1.29, 1.82) is 0 Å². The van der Waals surface area contributed by atoms with Crippen LogP contribution in [0.25, 0.3) is 0 Å². The maximum absolute atomic E-state index is 6.07. The lowest BCUT2D eigenvalue weighted by atomic mass is 10.2. The van der Waals surface area contributed by atoms with Gasteiger partial charge in [-0.15, -0.1) is 0 Å². The molecule has 96 valence electrons. The Balaban J connectivity index is 2.61. The molecule has 0 aromatic carbocycles.